The maximum Gasteiger partial charge on any atom is 0.0422 e. The Kier molecular flexibility index (Phi) is 1.31. The quantitative estimate of drug-likeness (QED) is 0.502. The van der Waals surface area contributed by atoms with Gasteiger partial charge in [-0.15, -0.1) is 0 Å². The molecule has 1 aliphatic rings. The van der Waals surface area contributed by atoms with Gasteiger partial charge in [0.05, 0.1) is 0 Å². The van der Waals surface area contributed by atoms with Crippen molar-refractivity contribution in [2.75, 3.05) is 0 Å². The van der Waals surface area contributed by atoms with Crippen molar-refractivity contribution in [2.24, 2.45) is 0 Å². The molecule has 0 aromatic heterocycles. The molecule has 0 amide bonds. The van der Waals surface area contributed by atoms with Crippen LogP contribution in [0.2, 0.25) is 0 Å². The van der Waals surface area contributed by atoms with E-state index < -0.39 is 0 Å². The molecule has 2 radical (unpaired) electrons. The molecule has 10 heavy (non-hydrogen) atoms. The maximum absolute atomic E-state index is 3.18. The molecule has 1 aliphatic carbocycles. The third-order valence-corrected chi connectivity index (χ3v) is 1.71. The number of rotatable bonds is 0. The first-order valence-corrected chi connectivity index (χ1v) is 3.46. The van der Waals surface area contributed by atoms with Crippen molar-refractivity contribution >= 4 is 0 Å². The summed E-state index contributed by atoms with van der Waals surface area (Å²) in [5, 5.41) is 0. The van der Waals surface area contributed by atoms with Crippen LogP contribution in [0.4, 0.5) is 0 Å². The fourth-order valence-electron chi connectivity index (χ4n) is 1.17. The largest absolute Gasteiger partial charge is 0.0831 e. The van der Waals surface area contributed by atoms with Gasteiger partial charge in [-0.3, -0.25) is 0 Å². The first-order valence-electron chi connectivity index (χ1n) is 3.46. The third-order valence-electron chi connectivity index (χ3n) is 1.71. The molecule has 0 bridgehead atoms. The molecule has 0 atom stereocenters. The molecule has 0 saturated carbocycles. The van der Waals surface area contributed by atoms with Crippen LogP contribution in [0.5, 0.6) is 0 Å². The van der Waals surface area contributed by atoms with Gasteiger partial charge in [-0.1, -0.05) is 36.4 Å². The zero-order valence-electron chi connectivity index (χ0n) is 5.67. The van der Waals surface area contributed by atoms with E-state index in [1.807, 2.05) is 12.1 Å². The smallest absolute Gasteiger partial charge is 0.0422 e. The Morgan fingerprint density at radius 1 is 1.20 bits per heavy atom. The van der Waals surface area contributed by atoms with Gasteiger partial charge in [0, 0.05) is 6.42 Å². The van der Waals surface area contributed by atoms with E-state index >= 15 is 0 Å². The summed E-state index contributed by atoms with van der Waals surface area (Å²) in [6.07, 6.45) is 8.36. The average Bonchev–Trinajstić information content (AvgIpc) is 2.05. The van der Waals surface area contributed by atoms with Crippen LogP contribution in [0.3, 0.4) is 0 Å². The first-order chi connectivity index (χ1) is 4.97. The Bertz CT molecular complexity index is 231. The highest BCUT2D eigenvalue weighted by Gasteiger charge is 2.01. The third kappa shape index (κ3) is 0.860. The number of fused-ring (bicyclic) bond motifs is 1. The number of benzene rings is 1. The molecule has 0 spiro atoms. The molecule has 0 nitrogen and oxygen atoms in total. The average molecular weight is 128 g/mol. The predicted molar refractivity (Wildman–Crippen MR) is 41.6 cm³/mol. The summed E-state index contributed by atoms with van der Waals surface area (Å²) in [4.78, 5) is 0. The van der Waals surface area contributed by atoms with Gasteiger partial charge in [0.25, 0.3) is 0 Å². The molecule has 0 heteroatoms. The molecule has 1 aromatic rings. The summed E-state index contributed by atoms with van der Waals surface area (Å²) in [6.45, 7) is 0. The Morgan fingerprint density at radius 2 is 2.10 bits per heavy atom. The molecule has 0 heterocycles. The van der Waals surface area contributed by atoms with Gasteiger partial charge in [0.1, 0.15) is 0 Å². The molecule has 2 rings (SSSR count). The second kappa shape index (κ2) is 2.30. The van der Waals surface area contributed by atoms with Crippen molar-refractivity contribution in [3.8, 4) is 0 Å². The molecule has 0 unspecified atom stereocenters. The van der Waals surface area contributed by atoms with E-state index in [2.05, 4.69) is 30.7 Å². The molecule has 0 aliphatic heterocycles. The lowest BCUT2D eigenvalue weighted by Crippen LogP contribution is -1.93. The molecule has 0 fully saturated rings. The van der Waals surface area contributed by atoms with E-state index in [4.69, 9.17) is 0 Å². The Labute approximate surface area is 61.2 Å². The highest BCUT2D eigenvalue weighted by molar-refractivity contribution is 5.40. The number of allylic oxidation sites excluding steroid dienone is 2. The van der Waals surface area contributed by atoms with Crippen LogP contribution in [0.25, 0.3) is 0 Å². The molecular formula is C10H8. The van der Waals surface area contributed by atoms with Crippen LogP contribution in [0.15, 0.2) is 36.4 Å². The van der Waals surface area contributed by atoms with E-state index in [0.717, 1.165) is 6.42 Å². The van der Waals surface area contributed by atoms with E-state index in [1.165, 1.54) is 11.1 Å². The number of hydrogen-bond donors (Lipinski definition) is 0. The van der Waals surface area contributed by atoms with Crippen molar-refractivity contribution in [3.05, 3.63) is 54.0 Å². The first kappa shape index (κ1) is 5.72. The van der Waals surface area contributed by atoms with Gasteiger partial charge in [-0.05, 0) is 17.5 Å². The summed E-state index contributed by atoms with van der Waals surface area (Å²) in [5.41, 5.74) is 2.62. The summed E-state index contributed by atoms with van der Waals surface area (Å²) < 4.78 is 0. The summed E-state index contributed by atoms with van der Waals surface area (Å²) in [6, 6.07) is 8.36. The van der Waals surface area contributed by atoms with Gasteiger partial charge in [-0.25, -0.2) is 0 Å². The fraction of sp³-hybridized carbons (Fsp3) is 0.100. The van der Waals surface area contributed by atoms with Crippen molar-refractivity contribution in [1.82, 2.24) is 0 Å². The molecule has 0 N–H and O–H groups in total. The Morgan fingerprint density at radius 3 is 3.00 bits per heavy atom. The van der Waals surface area contributed by atoms with Crippen molar-refractivity contribution < 1.29 is 0 Å². The van der Waals surface area contributed by atoms with Crippen LogP contribution >= 0.6 is 0 Å². The lowest BCUT2D eigenvalue weighted by atomic mass is 9.97. The summed E-state index contributed by atoms with van der Waals surface area (Å²) >= 11 is 0. The fourth-order valence-corrected chi connectivity index (χ4v) is 1.17. The molecular weight excluding hydrogens is 120 g/mol. The van der Waals surface area contributed by atoms with Crippen molar-refractivity contribution in [1.29, 1.82) is 0 Å². The zero-order valence-corrected chi connectivity index (χ0v) is 5.67. The van der Waals surface area contributed by atoms with Crippen LogP contribution in [0, 0.1) is 6.42 Å². The van der Waals surface area contributed by atoms with Crippen LogP contribution < -0.4 is 0 Å². The molecule has 48 valence electrons. The monoisotopic (exact) mass is 128 g/mol. The Hall–Kier alpha value is -1.04. The normalized spacial score (nSPS) is 14.8. The zero-order chi connectivity index (χ0) is 6.81. The van der Waals surface area contributed by atoms with Crippen molar-refractivity contribution in [3.63, 3.8) is 0 Å². The van der Waals surface area contributed by atoms with E-state index in [-0.39, 0.29) is 0 Å². The van der Waals surface area contributed by atoms with E-state index in [0.29, 0.717) is 0 Å². The minimum absolute atomic E-state index is 1.06. The minimum atomic E-state index is 1.06. The van der Waals surface area contributed by atoms with Gasteiger partial charge in [-0.2, -0.15) is 0 Å². The summed E-state index contributed by atoms with van der Waals surface area (Å²) in [7, 11) is 0. The topological polar surface area (TPSA) is 0 Å². The lowest BCUT2D eigenvalue weighted by molar-refractivity contribution is 1.19. The number of hydrogen-bond acceptors (Lipinski definition) is 0. The van der Waals surface area contributed by atoms with E-state index in [9.17, 15) is 0 Å². The SMILES string of the molecule is [C]1C=CCc2ccccc21. The Balaban J connectivity index is 2.47. The summed E-state index contributed by atoms with van der Waals surface area (Å²) in [5.74, 6) is 0. The van der Waals surface area contributed by atoms with Gasteiger partial charge in [0.2, 0.25) is 0 Å². The predicted octanol–water partition coefficient (Wildman–Crippen LogP) is 2.23. The highest BCUT2D eigenvalue weighted by atomic mass is 14.1. The van der Waals surface area contributed by atoms with E-state index in [1.54, 1.807) is 0 Å². The molecule has 1 aromatic carbocycles. The standard InChI is InChI=1S/C10H8/c1-2-6-10-8-4-3-7-9(10)5-1/h1-6H,7H2. The van der Waals surface area contributed by atoms with Crippen LogP contribution in [-0.2, 0) is 6.42 Å². The van der Waals surface area contributed by atoms with Crippen LogP contribution in [-0.4, -0.2) is 0 Å². The van der Waals surface area contributed by atoms with Crippen LogP contribution in [0.1, 0.15) is 11.1 Å². The second-order valence-corrected chi connectivity index (χ2v) is 2.41. The highest BCUT2D eigenvalue weighted by Crippen LogP contribution is 2.16. The minimum Gasteiger partial charge on any atom is -0.0831 e. The van der Waals surface area contributed by atoms with Gasteiger partial charge >= 0.3 is 0 Å². The second-order valence-electron chi connectivity index (χ2n) is 2.41. The van der Waals surface area contributed by atoms with Gasteiger partial charge < -0.3 is 0 Å². The maximum atomic E-state index is 3.18. The molecule has 0 saturated heterocycles. The van der Waals surface area contributed by atoms with Crippen molar-refractivity contribution in [2.45, 2.75) is 6.42 Å². The van der Waals surface area contributed by atoms with Gasteiger partial charge in [0.15, 0.2) is 0 Å². The lowest BCUT2D eigenvalue weighted by Gasteiger charge is -2.07.